The zero-order chi connectivity index (χ0) is 13.0. The van der Waals surface area contributed by atoms with E-state index in [9.17, 15) is 0 Å². The molecule has 0 atom stereocenters. The SMILES string of the molecule is CC1CCN(C(N)=NCC2CCN(C)CC2)CC1.I. The van der Waals surface area contributed by atoms with Crippen molar-refractivity contribution < 1.29 is 0 Å². The highest BCUT2D eigenvalue weighted by Gasteiger charge is 2.19. The van der Waals surface area contributed by atoms with E-state index in [1.54, 1.807) is 0 Å². The third-order valence-electron chi connectivity index (χ3n) is 4.46. The summed E-state index contributed by atoms with van der Waals surface area (Å²) in [6, 6.07) is 0. The van der Waals surface area contributed by atoms with Gasteiger partial charge >= 0.3 is 0 Å². The number of guanidine groups is 1. The Labute approximate surface area is 134 Å². The molecule has 0 aromatic carbocycles. The van der Waals surface area contributed by atoms with Crippen LogP contribution in [0.25, 0.3) is 0 Å². The lowest BCUT2D eigenvalue weighted by Crippen LogP contribution is -2.43. The second-order valence-corrected chi connectivity index (χ2v) is 6.12. The van der Waals surface area contributed by atoms with Gasteiger partial charge in [0.1, 0.15) is 0 Å². The first-order valence-corrected chi connectivity index (χ1v) is 7.38. The smallest absolute Gasteiger partial charge is 0.191 e. The van der Waals surface area contributed by atoms with E-state index in [0.717, 1.165) is 37.4 Å². The largest absolute Gasteiger partial charge is 0.370 e. The van der Waals surface area contributed by atoms with Crippen LogP contribution in [0, 0.1) is 11.8 Å². The number of rotatable bonds is 2. The Morgan fingerprint density at radius 1 is 1.11 bits per heavy atom. The molecule has 2 fully saturated rings. The Kier molecular flexibility index (Phi) is 7.42. The van der Waals surface area contributed by atoms with Gasteiger partial charge in [0.25, 0.3) is 0 Å². The molecule has 19 heavy (non-hydrogen) atoms. The summed E-state index contributed by atoms with van der Waals surface area (Å²) in [4.78, 5) is 9.28. The number of hydrogen-bond donors (Lipinski definition) is 1. The predicted octanol–water partition coefficient (Wildman–Crippen LogP) is 1.99. The van der Waals surface area contributed by atoms with Crippen LogP contribution in [0.4, 0.5) is 0 Å². The maximum atomic E-state index is 6.10. The minimum atomic E-state index is 0. The number of halogens is 1. The average Bonchev–Trinajstić information content (AvgIpc) is 2.38. The fourth-order valence-electron chi connectivity index (χ4n) is 2.80. The normalized spacial score (nSPS) is 24.3. The van der Waals surface area contributed by atoms with Crippen LogP contribution in [0.3, 0.4) is 0 Å². The van der Waals surface area contributed by atoms with Crippen LogP contribution in [0.15, 0.2) is 4.99 Å². The highest BCUT2D eigenvalue weighted by molar-refractivity contribution is 14.0. The fourth-order valence-corrected chi connectivity index (χ4v) is 2.80. The minimum Gasteiger partial charge on any atom is -0.370 e. The molecule has 2 aliphatic heterocycles. The van der Waals surface area contributed by atoms with Crippen molar-refractivity contribution in [1.82, 2.24) is 9.80 Å². The molecule has 0 radical (unpaired) electrons. The quantitative estimate of drug-likeness (QED) is 0.453. The van der Waals surface area contributed by atoms with Crippen molar-refractivity contribution in [3.8, 4) is 0 Å². The molecule has 2 aliphatic rings. The van der Waals surface area contributed by atoms with Gasteiger partial charge < -0.3 is 15.5 Å². The van der Waals surface area contributed by atoms with Crippen LogP contribution < -0.4 is 5.73 Å². The van der Waals surface area contributed by atoms with E-state index in [4.69, 9.17) is 5.73 Å². The molecule has 0 unspecified atom stereocenters. The Hall–Kier alpha value is -0.0400. The van der Waals surface area contributed by atoms with Gasteiger partial charge in [-0.2, -0.15) is 0 Å². The molecule has 4 nitrogen and oxygen atoms in total. The Morgan fingerprint density at radius 3 is 2.26 bits per heavy atom. The predicted molar refractivity (Wildman–Crippen MR) is 92.1 cm³/mol. The molecule has 0 aliphatic carbocycles. The first-order chi connectivity index (χ1) is 8.65. The number of likely N-dealkylation sites (tertiary alicyclic amines) is 2. The molecule has 2 rings (SSSR count). The molecular formula is C14H29IN4. The van der Waals surface area contributed by atoms with Crippen molar-refractivity contribution in [2.24, 2.45) is 22.6 Å². The van der Waals surface area contributed by atoms with Gasteiger partial charge in [-0.25, -0.2) is 0 Å². The number of nitrogens with zero attached hydrogens (tertiary/aromatic N) is 3. The summed E-state index contributed by atoms with van der Waals surface area (Å²) >= 11 is 0. The molecule has 2 saturated heterocycles. The zero-order valence-electron chi connectivity index (χ0n) is 12.3. The van der Waals surface area contributed by atoms with E-state index in [2.05, 4.69) is 28.8 Å². The molecule has 0 aromatic rings. The van der Waals surface area contributed by atoms with Crippen LogP contribution in [0.5, 0.6) is 0 Å². The van der Waals surface area contributed by atoms with E-state index >= 15 is 0 Å². The molecule has 0 saturated carbocycles. The number of hydrogen-bond acceptors (Lipinski definition) is 2. The molecule has 0 aromatic heterocycles. The molecule has 0 bridgehead atoms. The first-order valence-electron chi connectivity index (χ1n) is 7.38. The van der Waals surface area contributed by atoms with Crippen molar-refractivity contribution in [2.75, 3.05) is 39.8 Å². The van der Waals surface area contributed by atoms with Crippen molar-refractivity contribution in [3.63, 3.8) is 0 Å². The van der Waals surface area contributed by atoms with Crippen molar-refractivity contribution >= 4 is 29.9 Å². The van der Waals surface area contributed by atoms with E-state index < -0.39 is 0 Å². The molecule has 0 spiro atoms. The first kappa shape index (κ1) is 17.0. The number of nitrogens with two attached hydrogens (primary N) is 1. The molecule has 112 valence electrons. The summed E-state index contributed by atoms with van der Waals surface area (Å²) in [5, 5.41) is 0. The van der Waals surface area contributed by atoms with Gasteiger partial charge in [-0.05, 0) is 57.7 Å². The van der Waals surface area contributed by atoms with Crippen LogP contribution in [-0.4, -0.2) is 55.5 Å². The van der Waals surface area contributed by atoms with Crippen LogP contribution in [0.1, 0.15) is 32.6 Å². The monoisotopic (exact) mass is 380 g/mol. The summed E-state index contributed by atoms with van der Waals surface area (Å²) in [5.74, 6) is 2.37. The maximum absolute atomic E-state index is 6.10. The van der Waals surface area contributed by atoms with E-state index in [1.807, 2.05) is 0 Å². The molecule has 2 N–H and O–H groups in total. The van der Waals surface area contributed by atoms with Crippen molar-refractivity contribution in [2.45, 2.75) is 32.6 Å². The standard InChI is InChI=1S/C14H28N4.HI/c1-12-3-9-18(10-4-12)14(15)16-11-13-5-7-17(2)8-6-13;/h12-13H,3-11H2,1-2H3,(H2,15,16);1H. The summed E-state index contributed by atoms with van der Waals surface area (Å²) in [6.45, 7) is 7.84. The topological polar surface area (TPSA) is 44.9 Å². The average molecular weight is 380 g/mol. The number of aliphatic imine (C=N–C) groups is 1. The summed E-state index contributed by atoms with van der Waals surface area (Å²) in [7, 11) is 2.20. The summed E-state index contributed by atoms with van der Waals surface area (Å²) < 4.78 is 0. The van der Waals surface area contributed by atoms with Crippen LogP contribution in [0.2, 0.25) is 0 Å². The maximum Gasteiger partial charge on any atom is 0.191 e. The summed E-state index contributed by atoms with van der Waals surface area (Å²) in [6.07, 6.45) is 5.05. The second-order valence-electron chi connectivity index (χ2n) is 6.12. The van der Waals surface area contributed by atoms with Crippen LogP contribution in [-0.2, 0) is 0 Å². The molecular weight excluding hydrogens is 351 g/mol. The van der Waals surface area contributed by atoms with Crippen molar-refractivity contribution in [1.29, 1.82) is 0 Å². The lowest BCUT2D eigenvalue weighted by atomic mass is 9.97. The van der Waals surface area contributed by atoms with Gasteiger partial charge in [0, 0.05) is 19.6 Å². The third kappa shape index (κ3) is 5.45. The Balaban J connectivity index is 0.00000180. The Bertz CT molecular complexity index is 279. The fraction of sp³-hybridized carbons (Fsp3) is 0.929. The molecule has 0 amide bonds. The lowest BCUT2D eigenvalue weighted by molar-refractivity contribution is 0.222. The van der Waals surface area contributed by atoms with Crippen LogP contribution >= 0.6 is 24.0 Å². The van der Waals surface area contributed by atoms with Gasteiger partial charge in [-0.3, -0.25) is 4.99 Å². The Morgan fingerprint density at radius 2 is 1.68 bits per heavy atom. The van der Waals surface area contributed by atoms with Gasteiger partial charge in [-0.1, -0.05) is 6.92 Å². The van der Waals surface area contributed by atoms with Gasteiger partial charge in [-0.15, -0.1) is 24.0 Å². The summed E-state index contributed by atoms with van der Waals surface area (Å²) in [5.41, 5.74) is 6.10. The highest BCUT2D eigenvalue weighted by Crippen LogP contribution is 2.17. The molecule has 2 heterocycles. The van der Waals surface area contributed by atoms with E-state index in [1.165, 1.54) is 38.8 Å². The van der Waals surface area contributed by atoms with Gasteiger partial charge in [0.2, 0.25) is 0 Å². The zero-order valence-corrected chi connectivity index (χ0v) is 14.7. The van der Waals surface area contributed by atoms with E-state index in [0.29, 0.717) is 0 Å². The minimum absolute atomic E-state index is 0. The van der Waals surface area contributed by atoms with E-state index in [-0.39, 0.29) is 24.0 Å². The third-order valence-corrected chi connectivity index (χ3v) is 4.46. The van der Waals surface area contributed by atoms with Gasteiger partial charge in [0.15, 0.2) is 5.96 Å². The van der Waals surface area contributed by atoms with Crippen molar-refractivity contribution in [3.05, 3.63) is 0 Å². The highest BCUT2D eigenvalue weighted by atomic mass is 127. The van der Waals surface area contributed by atoms with Gasteiger partial charge in [0.05, 0.1) is 0 Å². The second kappa shape index (κ2) is 8.29. The number of piperidine rings is 2. The molecule has 5 heteroatoms. The lowest BCUT2D eigenvalue weighted by Gasteiger charge is -2.32.